The predicted molar refractivity (Wildman–Crippen MR) is 138 cm³/mol. The van der Waals surface area contributed by atoms with Crippen molar-refractivity contribution in [3.8, 4) is 17.2 Å². The molecule has 0 saturated carbocycles. The molecule has 7 heteroatoms. The summed E-state index contributed by atoms with van der Waals surface area (Å²) in [5.74, 6) is 1.98. The Bertz CT molecular complexity index is 1170. The zero-order chi connectivity index (χ0) is 24.4. The number of hydrogen-bond donors (Lipinski definition) is 0. The molecule has 2 atom stereocenters. The van der Waals surface area contributed by atoms with E-state index in [1.807, 2.05) is 20.2 Å². The quantitative estimate of drug-likeness (QED) is 0.510. The average molecular weight is 481 g/mol. The van der Waals surface area contributed by atoms with Crippen LogP contribution in [-0.4, -0.2) is 44.0 Å². The summed E-state index contributed by atoms with van der Waals surface area (Å²) in [7, 11) is 7.40. The summed E-state index contributed by atoms with van der Waals surface area (Å²) in [4.78, 5) is 5.01. The van der Waals surface area contributed by atoms with Gasteiger partial charge in [-0.3, -0.25) is 4.90 Å². The molecule has 34 heavy (non-hydrogen) atoms. The van der Waals surface area contributed by atoms with Crippen LogP contribution in [0, 0.1) is 0 Å². The molecule has 0 radical (unpaired) electrons. The normalized spacial score (nSPS) is 18.1. The molecular weight excluding hydrogens is 448 g/mol. The summed E-state index contributed by atoms with van der Waals surface area (Å²) in [6.07, 6.45) is 6.52. The van der Waals surface area contributed by atoms with Gasteiger partial charge in [0.1, 0.15) is 5.75 Å². The van der Waals surface area contributed by atoms with Crippen LogP contribution < -0.4 is 18.6 Å². The Kier molecular flexibility index (Phi) is 7.14. The average Bonchev–Trinajstić information content (AvgIpc) is 2.85. The van der Waals surface area contributed by atoms with Crippen LogP contribution in [0.4, 0.5) is 5.69 Å². The topological polar surface area (TPSA) is 51.2 Å². The van der Waals surface area contributed by atoms with Crippen molar-refractivity contribution in [3.63, 3.8) is 0 Å². The third kappa shape index (κ3) is 4.38. The summed E-state index contributed by atoms with van der Waals surface area (Å²) >= 11 is -1.72. The first kappa shape index (κ1) is 24.1. The Hall–Kier alpha value is -3.03. The van der Waals surface area contributed by atoms with Gasteiger partial charge in [-0.2, -0.15) is 0 Å². The molecule has 2 heterocycles. The molecule has 0 saturated heterocycles. The molecule has 0 aliphatic carbocycles. The maximum atomic E-state index is 12.9. The van der Waals surface area contributed by atoms with Crippen molar-refractivity contribution in [2.75, 3.05) is 39.8 Å². The van der Waals surface area contributed by atoms with Crippen molar-refractivity contribution in [2.45, 2.75) is 25.4 Å². The Morgan fingerprint density at radius 2 is 1.91 bits per heavy atom. The first-order valence-corrected chi connectivity index (χ1v) is 12.4. The number of allylic oxidation sites excluding steroid dienone is 3. The minimum absolute atomic E-state index is 0.248. The lowest BCUT2D eigenvalue weighted by Crippen LogP contribution is -2.39. The van der Waals surface area contributed by atoms with E-state index in [0.717, 1.165) is 36.4 Å². The molecule has 2 aliphatic heterocycles. The molecule has 0 fully saturated rings. The van der Waals surface area contributed by atoms with Gasteiger partial charge in [0, 0.05) is 38.8 Å². The van der Waals surface area contributed by atoms with Gasteiger partial charge in [0.15, 0.2) is 11.5 Å². The molecule has 0 bridgehead atoms. The van der Waals surface area contributed by atoms with E-state index in [9.17, 15) is 4.21 Å². The summed E-state index contributed by atoms with van der Waals surface area (Å²) in [5, 5.41) is 0. The van der Waals surface area contributed by atoms with Crippen LogP contribution in [0.3, 0.4) is 0 Å². The van der Waals surface area contributed by atoms with Crippen molar-refractivity contribution in [2.24, 2.45) is 0 Å². The van der Waals surface area contributed by atoms with E-state index in [1.54, 1.807) is 26.4 Å². The zero-order valence-corrected chi connectivity index (χ0v) is 21.1. The van der Waals surface area contributed by atoms with Crippen LogP contribution in [0.1, 0.15) is 28.3 Å². The van der Waals surface area contributed by atoms with Gasteiger partial charge in [-0.15, -0.1) is 0 Å². The van der Waals surface area contributed by atoms with Crippen molar-refractivity contribution in [3.05, 3.63) is 82.8 Å². The van der Waals surface area contributed by atoms with E-state index in [1.165, 1.54) is 22.8 Å². The monoisotopic (exact) mass is 480 g/mol. The van der Waals surface area contributed by atoms with Crippen molar-refractivity contribution < 1.29 is 17.9 Å². The van der Waals surface area contributed by atoms with E-state index < -0.39 is 11.1 Å². The van der Waals surface area contributed by atoms with Gasteiger partial charge >= 0.3 is 0 Å². The second-order valence-electron chi connectivity index (χ2n) is 8.62. The predicted octanol–water partition coefficient (Wildman–Crippen LogP) is 4.72. The van der Waals surface area contributed by atoms with Gasteiger partial charge in [-0.1, -0.05) is 25.3 Å². The van der Waals surface area contributed by atoms with Crippen LogP contribution in [0.25, 0.3) is 0 Å². The smallest absolute Gasteiger partial charge is 0.240 e. The van der Waals surface area contributed by atoms with Crippen LogP contribution in [0.5, 0.6) is 17.2 Å². The standard InChI is InChI=1S/C27H32N2O4S/c1-7-9-20(8-2)34(30)33-27-22-17-29-13-12-19-15-24(28(3)4)26(32-6)16-21(19)23(29)14-18(22)10-11-25(27)31-5/h7-11,15-16,23H,1-2,12-14,17H2,3-6H3/b20-9+. The van der Waals surface area contributed by atoms with Gasteiger partial charge in [0.25, 0.3) is 0 Å². The molecular formula is C27H32N2O4S. The summed E-state index contributed by atoms with van der Waals surface area (Å²) in [6, 6.07) is 8.69. The van der Waals surface area contributed by atoms with Gasteiger partial charge < -0.3 is 18.6 Å². The number of benzene rings is 2. The zero-order valence-electron chi connectivity index (χ0n) is 20.3. The molecule has 0 spiro atoms. The van der Waals surface area contributed by atoms with Gasteiger partial charge in [-0.05, 0) is 59.9 Å². The molecule has 4 rings (SSSR count). The molecule has 0 amide bonds. The number of methoxy groups -OCH3 is 2. The fraction of sp³-hybridized carbons (Fsp3) is 0.333. The third-order valence-corrected chi connectivity index (χ3v) is 7.55. The van der Waals surface area contributed by atoms with Crippen molar-refractivity contribution in [1.29, 1.82) is 0 Å². The number of ether oxygens (including phenoxy) is 2. The molecule has 2 unspecified atom stereocenters. The number of anilines is 1. The number of hydrogen-bond acceptors (Lipinski definition) is 6. The number of rotatable bonds is 8. The van der Waals surface area contributed by atoms with Crippen molar-refractivity contribution in [1.82, 2.24) is 4.90 Å². The van der Waals surface area contributed by atoms with Gasteiger partial charge in [-0.25, -0.2) is 4.21 Å². The fourth-order valence-corrected chi connectivity index (χ4v) is 5.59. The Morgan fingerprint density at radius 3 is 2.56 bits per heavy atom. The van der Waals surface area contributed by atoms with E-state index in [-0.39, 0.29) is 6.04 Å². The fourth-order valence-electron chi connectivity index (χ4n) is 4.82. The van der Waals surface area contributed by atoms with E-state index in [4.69, 9.17) is 13.7 Å². The molecule has 0 aromatic heterocycles. The molecule has 2 aromatic carbocycles. The minimum atomic E-state index is -1.72. The Balaban J connectivity index is 1.73. The number of fused-ring (bicyclic) bond motifs is 4. The van der Waals surface area contributed by atoms with E-state index in [0.29, 0.717) is 22.9 Å². The summed E-state index contributed by atoms with van der Waals surface area (Å²) in [5.41, 5.74) is 5.96. The van der Waals surface area contributed by atoms with Crippen LogP contribution in [-0.2, 0) is 30.5 Å². The summed E-state index contributed by atoms with van der Waals surface area (Å²) in [6.45, 7) is 9.04. The Labute approximate surface area is 204 Å². The number of nitrogens with zero attached hydrogens (tertiary/aromatic N) is 2. The summed E-state index contributed by atoms with van der Waals surface area (Å²) < 4.78 is 30.2. The first-order chi connectivity index (χ1) is 16.4. The van der Waals surface area contributed by atoms with Crippen LogP contribution in [0.2, 0.25) is 0 Å². The van der Waals surface area contributed by atoms with Gasteiger partial charge in [0.2, 0.25) is 11.1 Å². The second-order valence-corrected chi connectivity index (χ2v) is 9.73. The SMILES string of the molecule is C=C/C=C(\C=C)S(=O)Oc1c(OC)ccc2c1CN1CCc3cc(N(C)C)c(OC)cc3C1C2. The van der Waals surface area contributed by atoms with Crippen molar-refractivity contribution >= 4 is 16.8 Å². The lowest BCUT2D eigenvalue weighted by Gasteiger charge is -2.42. The highest BCUT2D eigenvalue weighted by Crippen LogP contribution is 2.46. The van der Waals surface area contributed by atoms with E-state index >= 15 is 0 Å². The molecule has 180 valence electrons. The second kappa shape index (κ2) is 10.1. The minimum Gasteiger partial charge on any atom is -0.495 e. The first-order valence-electron chi connectivity index (χ1n) is 11.3. The maximum Gasteiger partial charge on any atom is 0.240 e. The highest BCUT2D eigenvalue weighted by atomic mass is 32.2. The molecule has 2 aliphatic rings. The largest absolute Gasteiger partial charge is 0.495 e. The lowest BCUT2D eigenvalue weighted by atomic mass is 9.83. The highest BCUT2D eigenvalue weighted by Gasteiger charge is 2.35. The van der Waals surface area contributed by atoms with Crippen LogP contribution in [0.15, 0.2) is 60.6 Å². The molecule has 2 aromatic rings. The van der Waals surface area contributed by atoms with Crippen LogP contribution >= 0.6 is 0 Å². The highest BCUT2D eigenvalue weighted by molar-refractivity contribution is 7.84. The molecule has 0 N–H and O–H groups in total. The van der Waals surface area contributed by atoms with Gasteiger partial charge in [0.05, 0.1) is 24.8 Å². The lowest BCUT2D eigenvalue weighted by molar-refractivity contribution is 0.159. The van der Waals surface area contributed by atoms with E-state index in [2.05, 4.69) is 41.2 Å². The maximum absolute atomic E-state index is 12.9. The Morgan fingerprint density at radius 1 is 1.15 bits per heavy atom. The third-order valence-electron chi connectivity index (χ3n) is 6.54. The molecule has 6 nitrogen and oxygen atoms in total.